The molecule has 1 rings (SSSR count). The Labute approximate surface area is 86.5 Å². The zero-order valence-electron chi connectivity index (χ0n) is 8.75. The molecule has 1 aliphatic heterocycles. The van der Waals surface area contributed by atoms with Crippen molar-refractivity contribution in [3.63, 3.8) is 0 Å². The maximum absolute atomic E-state index is 11.4. The van der Waals surface area contributed by atoms with Crippen LogP contribution in [0.3, 0.4) is 0 Å². The van der Waals surface area contributed by atoms with Crippen molar-refractivity contribution in [3.05, 3.63) is 12.2 Å². The molecular weight excluding hydrogens is 198 g/mol. The minimum atomic E-state index is -2.78. The Morgan fingerprint density at radius 2 is 2.29 bits per heavy atom. The van der Waals surface area contributed by atoms with Crippen molar-refractivity contribution in [3.8, 4) is 0 Å². The standard InChI is InChI=1S/C10H19NO2S/c1-3-9(2)7-11-8-10-5-4-6-14(10,12)13/h10-11H,2-8H2,1H3. The second kappa shape index (κ2) is 4.94. The highest BCUT2D eigenvalue weighted by Gasteiger charge is 2.30. The van der Waals surface area contributed by atoms with Gasteiger partial charge in [0.2, 0.25) is 0 Å². The Kier molecular flexibility index (Phi) is 4.13. The van der Waals surface area contributed by atoms with Crippen LogP contribution in [0.1, 0.15) is 26.2 Å². The van der Waals surface area contributed by atoms with Gasteiger partial charge in [-0.3, -0.25) is 0 Å². The number of hydrogen-bond donors (Lipinski definition) is 1. The lowest BCUT2D eigenvalue weighted by Crippen LogP contribution is -2.31. The van der Waals surface area contributed by atoms with Crippen molar-refractivity contribution in [1.82, 2.24) is 5.32 Å². The van der Waals surface area contributed by atoms with Crippen LogP contribution in [0, 0.1) is 0 Å². The molecule has 0 aliphatic carbocycles. The molecule has 1 saturated heterocycles. The van der Waals surface area contributed by atoms with E-state index in [1.54, 1.807) is 0 Å². The molecular formula is C10H19NO2S. The fourth-order valence-electron chi connectivity index (χ4n) is 1.62. The molecule has 0 radical (unpaired) electrons. The zero-order valence-corrected chi connectivity index (χ0v) is 9.57. The molecule has 82 valence electrons. The highest BCUT2D eigenvalue weighted by atomic mass is 32.2. The van der Waals surface area contributed by atoms with E-state index in [4.69, 9.17) is 0 Å². The monoisotopic (exact) mass is 217 g/mol. The molecule has 1 unspecified atom stereocenters. The van der Waals surface area contributed by atoms with Gasteiger partial charge in [-0.15, -0.1) is 0 Å². The van der Waals surface area contributed by atoms with Crippen molar-refractivity contribution < 1.29 is 8.42 Å². The number of nitrogens with one attached hydrogen (secondary N) is 1. The summed E-state index contributed by atoms with van der Waals surface area (Å²) in [5.74, 6) is 0.369. The first kappa shape index (κ1) is 11.7. The summed E-state index contributed by atoms with van der Waals surface area (Å²) < 4.78 is 22.9. The highest BCUT2D eigenvalue weighted by Crippen LogP contribution is 2.18. The Bertz CT molecular complexity index is 295. The Morgan fingerprint density at radius 3 is 2.79 bits per heavy atom. The zero-order chi connectivity index (χ0) is 10.6. The molecule has 0 aromatic rings. The minimum absolute atomic E-state index is 0.160. The maximum atomic E-state index is 11.4. The van der Waals surface area contributed by atoms with Crippen molar-refractivity contribution in [1.29, 1.82) is 0 Å². The second-order valence-corrected chi connectivity index (χ2v) is 6.27. The summed E-state index contributed by atoms with van der Waals surface area (Å²) in [5.41, 5.74) is 1.13. The topological polar surface area (TPSA) is 46.2 Å². The van der Waals surface area contributed by atoms with E-state index in [2.05, 4.69) is 18.8 Å². The first-order valence-electron chi connectivity index (χ1n) is 5.15. The third-order valence-electron chi connectivity index (χ3n) is 2.71. The fraction of sp³-hybridized carbons (Fsp3) is 0.800. The van der Waals surface area contributed by atoms with Gasteiger partial charge in [0, 0.05) is 13.1 Å². The van der Waals surface area contributed by atoms with Gasteiger partial charge in [-0.05, 0) is 19.3 Å². The number of hydrogen-bond acceptors (Lipinski definition) is 3. The van der Waals surface area contributed by atoms with Gasteiger partial charge in [0.25, 0.3) is 0 Å². The van der Waals surface area contributed by atoms with Crippen LogP contribution in [0.2, 0.25) is 0 Å². The van der Waals surface area contributed by atoms with Crippen LogP contribution >= 0.6 is 0 Å². The lowest BCUT2D eigenvalue weighted by Gasteiger charge is -2.11. The Morgan fingerprint density at radius 1 is 1.57 bits per heavy atom. The first-order valence-corrected chi connectivity index (χ1v) is 6.86. The van der Waals surface area contributed by atoms with Gasteiger partial charge in [-0.2, -0.15) is 0 Å². The Balaban J connectivity index is 2.29. The average molecular weight is 217 g/mol. The minimum Gasteiger partial charge on any atom is -0.312 e. The largest absolute Gasteiger partial charge is 0.312 e. The van der Waals surface area contributed by atoms with Gasteiger partial charge in [0.1, 0.15) is 0 Å². The SMILES string of the molecule is C=C(CC)CNCC1CCCS1(=O)=O. The van der Waals surface area contributed by atoms with E-state index in [9.17, 15) is 8.42 Å². The van der Waals surface area contributed by atoms with Crippen molar-refractivity contribution in [2.24, 2.45) is 0 Å². The third-order valence-corrected chi connectivity index (χ3v) is 4.99. The fourth-order valence-corrected chi connectivity index (χ4v) is 3.42. The van der Waals surface area contributed by atoms with E-state index in [1.165, 1.54) is 0 Å². The highest BCUT2D eigenvalue weighted by molar-refractivity contribution is 7.92. The molecule has 1 atom stereocenters. The summed E-state index contributed by atoms with van der Waals surface area (Å²) in [6.45, 7) is 7.24. The number of sulfone groups is 1. The molecule has 1 heterocycles. The molecule has 0 saturated carbocycles. The number of rotatable bonds is 5. The van der Waals surface area contributed by atoms with Crippen LogP contribution < -0.4 is 5.32 Å². The molecule has 14 heavy (non-hydrogen) atoms. The maximum Gasteiger partial charge on any atom is 0.154 e. The van der Waals surface area contributed by atoms with Gasteiger partial charge in [0.15, 0.2) is 9.84 Å². The molecule has 1 N–H and O–H groups in total. The smallest absolute Gasteiger partial charge is 0.154 e. The molecule has 0 amide bonds. The third kappa shape index (κ3) is 3.10. The van der Waals surface area contributed by atoms with Gasteiger partial charge in [-0.25, -0.2) is 8.42 Å². The molecule has 3 nitrogen and oxygen atoms in total. The first-order chi connectivity index (χ1) is 6.56. The summed E-state index contributed by atoms with van der Waals surface area (Å²) in [6, 6.07) is 0. The van der Waals surface area contributed by atoms with Crippen LogP contribution in [-0.4, -0.2) is 32.5 Å². The van der Waals surface area contributed by atoms with E-state index in [-0.39, 0.29) is 5.25 Å². The molecule has 1 aliphatic rings. The second-order valence-electron chi connectivity index (χ2n) is 3.87. The predicted octanol–water partition coefficient (Wildman–Crippen LogP) is 1.12. The summed E-state index contributed by atoms with van der Waals surface area (Å²) in [7, 11) is -2.78. The normalized spacial score (nSPS) is 25.1. The molecule has 1 fully saturated rings. The summed E-state index contributed by atoms with van der Waals surface area (Å²) in [6.07, 6.45) is 2.59. The van der Waals surface area contributed by atoms with Gasteiger partial charge >= 0.3 is 0 Å². The van der Waals surface area contributed by atoms with E-state index in [1.807, 2.05) is 0 Å². The van der Waals surface area contributed by atoms with Gasteiger partial charge < -0.3 is 5.32 Å². The van der Waals surface area contributed by atoms with E-state index >= 15 is 0 Å². The summed E-state index contributed by atoms with van der Waals surface area (Å²) >= 11 is 0. The Hall–Kier alpha value is -0.350. The lowest BCUT2D eigenvalue weighted by molar-refractivity contribution is 0.578. The molecule has 4 heteroatoms. The summed E-state index contributed by atoms with van der Waals surface area (Å²) in [5, 5.41) is 2.99. The van der Waals surface area contributed by atoms with E-state index in [0.29, 0.717) is 12.3 Å². The van der Waals surface area contributed by atoms with Gasteiger partial charge in [-0.1, -0.05) is 19.1 Å². The molecule has 0 aromatic carbocycles. The van der Waals surface area contributed by atoms with Crippen LogP contribution in [0.25, 0.3) is 0 Å². The molecule has 0 spiro atoms. The average Bonchev–Trinajstić information content (AvgIpc) is 2.45. The van der Waals surface area contributed by atoms with Crippen molar-refractivity contribution in [2.45, 2.75) is 31.4 Å². The molecule has 0 aromatic heterocycles. The summed E-state index contributed by atoms with van der Waals surface area (Å²) in [4.78, 5) is 0. The predicted molar refractivity (Wildman–Crippen MR) is 59.1 cm³/mol. The van der Waals surface area contributed by atoms with Crippen molar-refractivity contribution in [2.75, 3.05) is 18.8 Å². The van der Waals surface area contributed by atoms with Crippen molar-refractivity contribution >= 4 is 9.84 Å². The van der Waals surface area contributed by atoms with Crippen LogP contribution in [0.5, 0.6) is 0 Å². The quantitative estimate of drug-likeness (QED) is 0.702. The van der Waals surface area contributed by atoms with E-state index in [0.717, 1.165) is 31.4 Å². The molecule has 0 bridgehead atoms. The van der Waals surface area contributed by atoms with Crippen LogP contribution in [0.4, 0.5) is 0 Å². The van der Waals surface area contributed by atoms with Crippen LogP contribution in [-0.2, 0) is 9.84 Å². The lowest BCUT2D eigenvalue weighted by atomic mass is 10.2. The van der Waals surface area contributed by atoms with E-state index < -0.39 is 9.84 Å². The van der Waals surface area contributed by atoms with Gasteiger partial charge in [0.05, 0.1) is 11.0 Å². The van der Waals surface area contributed by atoms with Crippen LogP contribution in [0.15, 0.2) is 12.2 Å².